The number of rotatable bonds is 5. The summed E-state index contributed by atoms with van der Waals surface area (Å²) in [4.78, 5) is 16.4. The molecule has 3 rings (SSSR count). The number of amides is 1. The fraction of sp³-hybridized carbons (Fsp3) is 0.211. The van der Waals surface area contributed by atoms with Gasteiger partial charge in [-0.05, 0) is 29.3 Å². The van der Waals surface area contributed by atoms with Crippen molar-refractivity contribution >= 4 is 5.91 Å². The fourth-order valence-corrected chi connectivity index (χ4v) is 2.74. The summed E-state index contributed by atoms with van der Waals surface area (Å²) < 4.78 is 54.7. The van der Waals surface area contributed by atoms with Gasteiger partial charge >= 0.3 is 6.18 Å². The van der Waals surface area contributed by atoms with Crippen LogP contribution in [0.4, 0.5) is 17.6 Å². The summed E-state index contributed by atoms with van der Waals surface area (Å²) in [7, 11) is 1.62. The largest absolute Gasteiger partial charge is 0.418 e. The molecule has 0 saturated heterocycles. The first-order chi connectivity index (χ1) is 13.3. The van der Waals surface area contributed by atoms with Crippen molar-refractivity contribution in [2.75, 3.05) is 0 Å². The van der Waals surface area contributed by atoms with Crippen molar-refractivity contribution in [1.82, 2.24) is 20.1 Å². The van der Waals surface area contributed by atoms with E-state index in [4.69, 9.17) is 0 Å². The van der Waals surface area contributed by atoms with Gasteiger partial charge in [-0.25, -0.2) is 4.39 Å². The molecule has 5 nitrogen and oxygen atoms in total. The van der Waals surface area contributed by atoms with Gasteiger partial charge in [0.25, 0.3) is 5.91 Å². The van der Waals surface area contributed by atoms with Crippen LogP contribution in [0.3, 0.4) is 0 Å². The Hall–Kier alpha value is -3.23. The van der Waals surface area contributed by atoms with Crippen LogP contribution in [0.25, 0.3) is 0 Å². The van der Waals surface area contributed by atoms with Gasteiger partial charge in [0.15, 0.2) is 0 Å². The molecule has 1 atom stereocenters. The van der Waals surface area contributed by atoms with Crippen LogP contribution in [0.2, 0.25) is 0 Å². The second-order valence-electron chi connectivity index (χ2n) is 6.09. The minimum Gasteiger partial charge on any atom is -0.338 e. The van der Waals surface area contributed by atoms with E-state index in [0.717, 1.165) is 6.07 Å². The molecule has 146 valence electrons. The van der Waals surface area contributed by atoms with Crippen molar-refractivity contribution in [3.63, 3.8) is 0 Å². The lowest BCUT2D eigenvalue weighted by atomic mass is 9.97. The van der Waals surface area contributed by atoms with E-state index in [1.54, 1.807) is 13.2 Å². The smallest absolute Gasteiger partial charge is 0.338 e. The fourth-order valence-electron chi connectivity index (χ4n) is 2.74. The van der Waals surface area contributed by atoms with Crippen LogP contribution in [0.5, 0.6) is 0 Å². The maximum absolute atomic E-state index is 13.5. The van der Waals surface area contributed by atoms with Crippen LogP contribution >= 0.6 is 0 Å². The lowest BCUT2D eigenvalue weighted by Crippen LogP contribution is -2.32. The maximum atomic E-state index is 13.5. The molecule has 0 unspecified atom stereocenters. The number of carbonyl (C=O) groups is 1. The second kappa shape index (κ2) is 7.79. The zero-order valence-corrected chi connectivity index (χ0v) is 14.7. The molecule has 0 saturated carbocycles. The first kappa shape index (κ1) is 19.5. The van der Waals surface area contributed by atoms with Gasteiger partial charge in [0.1, 0.15) is 12.4 Å². The highest BCUT2D eigenvalue weighted by molar-refractivity contribution is 5.92. The van der Waals surface area contributed by atoms with Crippen molar-refractivity contribution < 1.29 is 22.4 Å². The number of hydrogen-bond donors (Lipinski definition) is 1. The third kappa shape index (κ3) is 4.19. The van der Waals surface area contributed by atoms with Crippen molar-refractivity contribution in [3.05, 3.63) is 82.9 Å². The molecule has 0 spiro atoms. The zero-order chi connectivity index (χ0) is 20.3. The van der Waals surface area contributed by atoms with Gasteiger partial charge in [-0.1, -0.05) is 24.3 Å². The van der Waals surface area contributed by atoms with Crippen molar-refractivity contribution in [2.24, 2.45) is 7.05 Å². The summed E-state index contributed by atoms with van der Waals surface area (Å²) in [6.07, 6.45) is -1.89. The summed E-state index contributed by atoms with van der Waals surface area (Å²) >= 11 is 0. The quantitative estimate of drug-likeness (QED) is 0.672. The molecular weight excluding hydrogens is 376 g/mol. The number of hydrogen-bond acceptors (Lipinski definition) is 3. The number of nitrogens with zero attached hydrogens (tertiary/aromatic N) is 3. The Bertz CT molecular complexity index is 967. The first-order valence-corrected chi connectivity index (χ1v) is 8.27. The number of nitrogens with one attached hydrogen (secondary N) is 1. The van der Waals surface area contributed by atoms with Crippen molar-refractivity contribution in [3.8, 4) is 0 Å². The third-order valence-electron chi connectivity index (χ3n) is 4.11. The maximum Gasteiger partial charge on any atom is 0.418 e. The predicted octanol–water partition coefficient (Wildman–Crippen LogP) is 3.82. The summed E-state index contributed by atoms with van der Waals surface area (Å²) in [6, 6.07) is 8.16. The molecule has 0 aliphatic carbocycles. The highest BCUT2D eigenvalue weighted by atomic mass is 19.4. The van der Waals surface area contributed by atoms with Gasteiger partial charge in [-0.15, -0.1) is 0 Å². The first-order valence-electron chi connectivity index (χ1n) is 8.27. The third-order valence-corrected chi connectivity index (χ3v) is 4.11. The number of pyridine rings is 1. The van der Waals surface area contributed by atoms with E-state index < -0.39 is 30.4 Å². The predicted molar refractivity (Wildman–Crippen MR) is 93.0 cm³/mol. The molecule has 0 aliphatic heterocycles. The van der Waals surface area contributed by atoms with E-state index in [0.29, 0.717) is 11.1 Å². The van der Waals surface area contributed by atoms with E-state index in [-0.39, 0.29) is 11.4 Å². The van der Waals surface area contributed by atoms with Crippen molar-refractivity contribution in [2.45, 2.75) is 18.9 Å². The molecule has 1 aromatic carbocycles. The highest BCUT2D eigenvalue weighted by Gasteiger charge is 2.37. The Labute approximate surface area is 158 Å². The Kier molecular flexibility index (Phi) is 5.43. The van der Waals surface area contributed by atoms with E-state index in [2.05, 4.69) is 15.4 Å². The molecule has 28 heavy (non-hydrogen) atoms. The zero-order valence-electron chi connectivity index (χ0n) is 14.7. The average molecular weight is 392 g/mol. The normalized spacial score (nSPS) is 12.6. The Morgan fingerprint density at radius 3 is 2.46 bits per heavy atom. The molecule has 1 amide bonds. The molecule has 0 bridgehead atoms. The van der Waals surface area contributed by atoms with Crippen molar-refractivity contribution in [1.29, 1.82) is 0 Å². The van der Waals surface area contributed by atoms with Crippen LogP contribution in [-0.4, -0.2) is 20.7 Å². The number of alkyl halides is 4. The topological polar surface area (TPSA) is 59.8 Å². The van der Waals surface area contributed by atoms with E-state index in [1.165, 1.54) is 47.3 Å². The van der Waals surface area contributed by atoms with E-state index >= 15 is 0 Å². The van der Waals surface area contributed by atoms with Gasteiger partial charge in [0, 0.05) is 19.4 Å². The van der Waals surface area contributed by atoms with Crippen LogP contribution in [-0.2, 0) is 19.9 Å². The number of aryl methyl sites for hydroxylation is 1. The molecule has 2 heterocycles. The van der Waals surface area contributed by atoms with Crippen LogP contribution in [0.1, 0.15) is 38.9 Å². The van der Waals surface area contributed by atoms with Gasteiger partial charge in [0.2, 0.25) is 0 Å². The monoisotopic (exact) mass is 392 g/mol. The number of benzene rings is 1. The molecule has 0 fully saturated rings. The molecule has 3 aromatic rings. The van der Waals surface area contributed by atoms with Crippen LogP contribution < -0.4 is 5.32 Å². The summed E-state index contributed by atoms with van der Waals surface area (Å²) in [5.41, 5.74) is -0.554. The second-order valence-corrected chi connectivity index (χ2v) is 6.09. The number of aromatic nitrogens is 3. The number of carbonyl (C=O) groups excluding carboxylic acids is 1. The van der Waals surface area contributed by atoms with E-state index in [9.17, 15) is 22.4 Å². The van der Waals surface area contributed by atoms with Gasteiger partial charge in [0.05, 0.1) is 17.3 Å². The molecule has 1 N–H and O–H groups in total. The molecule has 2 aromatic heterocycles. The highest BCUT2D eigenvalue weighted by Crippen LogP contribution is 2.35. The summed E-state index contributed by atoms with van der Waals surface area (Å²) in [5.74, 6) is -0.654. The minimum absolute atomic E-state index is 0.0531. The van der Waals surface area contributed by atoms with Gasteiger partial charge < -0.3 is 5.32 Å². The lowest BCUT2D eigenvalue weighted by Gasteiger charge is -2.22. The SMILES string of the molecule is Cn1ccc(C(=O)N[C@@H](c2ccc(CF)cc2)c2ncccc2C(F)(F)F)n1. The molecular formula is C19H16F4N4O. The van der Waals surface area contributed by atoms with Gasteiger partial charge in [-0.3, -0.25) is 14.5 Å². The minimum atomic E-state index is -4.66. The molecule has 9 heteroatoms. The van der Waals surface area contributed by atoms with Crippen LogP contribution in [0, 0.1) is 0 Å². The van der Waals surface area contributed by atoms with E-state index in [1.807, 2.05) is 0 Å². The lowest BCUT2D eigenvalue weighted by molar-refractivity contribution is -0.138. The Balaban J connectivity index is 2.05. The van der Waals surface area contributed by atoms with Gasteiger partial charge in [-0.2, -0.15) is 18.3 Å². The average Bonchev–Trinajstić information content (AvgIpc) is 3.12. The number of halogens is 4. The summed E-state index contributed by atoms with van der Waals surface area (Å²) in [5, 5.41) is 6.52. The molecule has 0 radical (unpaired) electrons. The summed E-state index contributed by atoms with van der Waals surface area (Å²) in [6.45, 7) is -0.706. The molecule has 0 aliphatic rings. The Morgan fingerprint density at radius 1 is 1.18 bits per heavy atom. The standard InChI is InChI=1S/C19H16F4N4O/c1-27-10-8-15(26-27)18(28)25-16(13-6-4-12(11-20)5-7-13)17-14(19(21,22)23)3-2-9-24-17/h2-10,16H,11H2,1H3,(H,25,28)/t16-/m0/s1. The van der Waals surface area contributed by atoms with Crippen LogP contribution in [0.15, 0.2) is 54.9 Å². The Morgan fingerprint density at radius 2 is 1.89 bits per heavy atom.